The molecule has 0 spiro atoms. The topological polar surface area (TPSA) is 305 Å². The molecule has 3 unspecified atom stereocenters. The zero-order valence-electron chi connectivity index (χ0n) is 22.2. The Hall–Kier alpha value is -4.73. The van der Waals surface area contributed by atoms with Crippen LogP contribution in [0.1, 0.15) is 16.7 Å². The maximum absolute atomic E-state index is 10.4. The fourth-order valence-electron chi connectivity index (χ4n) is 3.06. The molecular weight excluding hydrogens is 614 g/mol. The Bertz CT molecular complexity index is 1220. The number of aliphatic carboxylic acids is 3. The standard InChI is InChI=1S/3C9H10NO4.Fe/c3*10-6(9(13)14)3-5-1-2-7(11)8(12)4-5;/h3*1-2,4,6,10-12H,3H2,(H,13,14);/q3*-1;+3. The van der Waals surface area contributed by atoms with Gasteiger partial charge < -0.3 is 63.2 Å². The molecule has 3 atom stereocenters. The first kappa shape index (κ1) is 38.3. The number of hydrogen-bond donors (Lipinski definition) is 9. The van der Waals surface area contributed by atoms with Crippen molar-refractivity contribution in [1.29, 1.82) is 0 Å². The fourth-order valence-corrected chi connectivity index (χ4v) is 3.06. The van der Waals surface area contributed by atoms with Crippen LogP contribution in [-0.4, -0.2) is 82.0 Å². The molecule has 0 amide bonds. The zero-order valence-corrected chi connectivity index (χ0v) is 23.3. The van der Waals surface area contributed by atoms with Crippen LogP contribution in [0, 0.1) is 0 Å². The van der Waals surface area contributed by atoms with Crippen LogP contribution in [0.5, 0.6) is 34.5 Å². The number of rotatable bonds is 9. The number of phenolic OH excluding ortho intramolecular Hbond substituents is 6. The van der Waals surface area contributed by atoms with Crippen molar-refractivity contribution in [3.05, 3.63) is 88.5 Å². The van der Waals surface area contributed by atoms with Gasteiger partial charge in [0.1, 0.15) is 0 Å². The van der Waals surface area contributed by atoms with E-state index in [4.69, 9.17) is 63.2 Å². The van der Waals surface area contributed by atoms with Crippen LogP contribution in [0.4, 0.5) is 0 Å². The maximum Gasteiger partial charge on any atom is 3.00 e. The van der Waals surface area contributed by atoms with E-state index in [1.165, 1.54) is 54.6 Å². The van der Waals surface area contributed by atoms with Gasteiger partial charge in [0.25, 0.3) is 17.9 Å². The SMILES string of the molecule is [Fe+3].[NH-]C(Cc1ccc(O)c(O)c1)C(=O)O.[NH-]C(Cc1ccc(O)c(O)c1)C(=O)O.[NH-]C(Cc1ccc(O)c(O)c1)C(=O)O. The predicted molar refractivity (Wildman–Crippen MR) is 148 cm³/mol. The van der Waals surface area contributed by atoms with Crippen molar-refractivity contribution < 1.29 is 77.4 Å². The Balaban J connectivity index is 0.000000608. The van der Waals surface area contributed by atoms with E-state index in [1.54, 1.807) is 0 Å². The summed E-state index contributed by atoms with van der Waals surface area (Å²) in [5, 5.41) is 79.6. The summed E-state index contributed by atoms with van der Waals surface area (Å²) in [7, 11) is 0. The van der Waals surface area contributed by atoms with Crippen molar-refractivity contribution in [3.8, 4) is 34.5 Å². The molecule has 0 saturated carbocycles. The molecule has 0 fully saturated rings. The van der Waals surface area contributed by atoms with Gasteiger partial charge in [0.2, 0.25) is 0 Å². The minimum absolute atomic E-state index is 0. The van der Waals surface area contributed by atoms with Gasteiger partial charge in [0.05, 0.1) is 0 Å². The Morgan fingerprint density at radius 1 is 0.465 bits per heavy atom. The van der Waals surface area contributed by atoms with E-state index in [-0.39, 0.29) is 70.8 Å². The molecule has 0 bridgehead atoms. The minimum Gasteiger partial charge on any atom is -0.665 e. The van der Waals surface area contributed by atoms with Crippen molar-refractivity contribution in [2.45, 2.75) is 37.4 Å². The van der Waals surface area contributed by atoms with E-state index < -0.39 is 36.0 Å². The van der Waals surface area contributed by atoms with E-state index in [2.05, 4.69) is 0 Å². The van der Waals surface area contributed by atoms with E-state index in [0.717, 1.165) is 0 Å². The number of benzene rings is 3. The van der Waals surface area contributed by atoms with Crippen LogP contribution in [0.15, 0.2) is 54.6 Å². The number of aromatic hydroxyl groups is 6. The normalized spacial score (nSPS) is 12.1. The molecule has 43 heavy (non-hydrogen) atoms. The molecule has 0 aromatic heterocycles. The monoisotopic (exact) mass is 644 g/mol. The summed E-state index contributed by atoms with van der Waals surface area (Å²) in [5.74, 6) is -5.32. The average Bonchev–Trinajstić information content (AvgIpc) is 2.91. The van der Waals surface area contributed by atoms with Crippen LogP contribution < -0.4 is 0 Å². The number of nitrogens with one attached hydrogen (secondary N) is 3. The molecule has 0 aliphatic heterocycles. The Labute approximate surface area is 255 Å². The van der Waals surface area contributed by atoms with Crippen LogP contribution in [0.3, 0.4) is 0 Å². The van der Waals surface area contributed by atoms with Crippen LogP contribution >= 0.6 is 0 Å². The third-order valence-electron chi connectivity index (χ3n) is 5.33. The second kappa shape index (κ2) is 17.9. The van der Waals surface area contributed by atoms with Crippen molar-refractivity contribution >= 4 is 17.9 Å². The average molecular weight is 644 g/mol. The fraction of sp³-hybridized carbons (Fsp3) is 0.222. The van der Waals surface area contributed by atoms with E-state index in [9.17, 15) is 14.4 Å². The molecule has 15 nitrogen and oxygen atoms in total. The Morgan fingerprint density at radius 3 is 0.837 bits per heavy atom. The quantitative estimate of drug-likeness (QED) is 0.119. The second-order valence-corrected chi connectivity index (χ2v) is 8.75. The largest absolute Gasteiger partial charge is 3.00 e. The van der Waals surface area contributed by atoms with Gasteiger partial charge in [0, 0.05) is 0 Å². The van der Waals surface area contributed by atoms with Crippen LogP contribution in [-0.2, 0) is 50.7 Å². The summed E-state index contributed by atoms with van der Waals surface area (Å²) in [4.78, 5) is 31.1. The van der Waals surface area contributed by atoms with Gasteiger partial charge in [0.15, 0.2) is 34.5 Å². The Kier molecular flexibility index (Phi) is 16.0. The molecule has 0 aliphatic carbocycles. The van der Waals surface area contributed by atoms with Gasteiger partial charge in [-0.15, -0.1) is 0 Å². The number of carboxylic acid groups (broad SMARTS) is 3. The second-order valence-electron chi connectivity index (χ2n) is 8.75. The van der Waals surface area contributed by atoms with Crippen molar-refractivity contribution in [2.75, 3.05) is 0 Å². The number of carbonyl (C=O) groups is 3. The van der Waals surface area contributed by atoms with E-state index in [0.29, 0.717) is 16.7 Å². The molecular formula is C27H30FeN3O12. The molecule has 0 aliphatic rings. The summed E-state index contributed by atoms with van der Waals surface area (Å²) in [6, 6.07) is 8.20. The molecule has 233 valence electrons. The van der Waals surface area contributed by atoms with Crippen LogP contribution in [0.25, 0.3) is 17.2 Å². The first-order chi connectivity index (χ1) is 19.5. The Morgan fingerprint density at radius 2 is 0.674 bits per heavy atom. The summed E-state index contributed by atoms with van der Waals surface area (Å²) >= 11 is 0. The third kappa shape index (κ3) is 13.7. The number of hydrogen-bond acceptors (Lipinski definition) is 9. The first-order valence-electron chi connectivity index (χ1n) is 11.9. The van der Waals surface area contributed by atoms with Gasteiger partial charge >= 0.3 is 17.1 Å². The van der Waals surface area contributed by atoms with Crippen molar-refractivity contribution in [2.24, 2.45) is 0 Å². The molecule has 12 N–H and O–H groups in total. The third-order valence-corrected chi connectivity index (χ3v) is 5.33. The first-order valence-corrected chi connectivity index (χ1v) is 11.9. The summed E-state index contributed by atoms with van der Waals surface area (Å²) in [6.45, 7) is 0. The molecule has 3 rings (SSSR count). The molecule has 0 saturated heterocycles. The maximum atomic E-state index is 10.4. The van der Waals surface area contributed by atoms with E-state index >= 15 is 0 Å². The molecule has 3 aromatic rings. The zero-order chi connectivity index (χ0) is 32.1. The predicted octanol–water partition coefficient (Wildman–Crippen LogP) is 3.43. The van der Waals surface area contributed by atoms with E-state index in [1.807, 2.05) is 0 Å². The van der Waals surface area contributed by atoms with Gasteiger partial charge in [-0.1, -0.05) is 18.2 Å². The molecule has 0 heterocycles. The van der Waals surface area contributed by atoms with Crippen molar-refractivity contribution in [1.82, 2.24) is 0 Å². The smallest absolute Gasteiger partial charge is 0.665 e. The van der Waals surface area contributed by atoms with Gasteiger partial charge in [-0.2, -0.15) is 0 Å². The minimum atomic E-state index is -1.25. The van der Waals surface area contributed by atoms with Gasteiger partial charge in [-0.25, -0.2) is 0 Å². The summed E-state index contributed by atoms with van der Waals surface area (Å²) in [5.41, 5.74) is 22.9. The van der Waals surface area contributed by atoms with Crippen molar-refractivity contribution in [3.63, 3.8) is 0 Å². The number of carboxylic acids is 3. The van der Waals surface area contributed by atoms with Gasteiger partial charge in [-0.3, -0.25) is 14.4 Å². The number of phenols is 6. The summed E-state index contributed by atoms with van der Waals surface area (Å²) < 4.78 is 0. The summed E-state index contributed by atoms with van der Waals surface area (Å²) in [6.07, 6.45) is 0.00944. The van der Waals surface area contributed by atoms with Crippen LogP contribution in [0.2, 0.25) is 0 Å². The van der Waals surface area contributed by atoms with Gasteiger partial charge in [-0.05, 0) is 90.5 Å². The molecule has 16 heteroatoms. The molecule has 3 aromatic carbocycles. The molecule has 1 radical (unpaired) electrons.